The predicted octanol–water partition coefficient (Wildman–Crippen LogP) is 2.98. The molecule has 0 radical (unpaired) electrons. The van der Waals surface area contributed by atoms with Gasteiger partial charge in [0.1, 0.15) is 4.88 Å². The van der Waals surface area contributed by atoms with Gasteiger partial charge in [-0.05, 0) is 32.2 Å². The Morgan fingerprint density at radius 3 is 2.76 bits per heavy atom. The van der Waals surface area contributed by atoms with Crippen LogP contribution in [0.15, 0.2) is 0 Å². The maximum atomic E-state index is 12.3. The quantitative estimate of drug-likeness (QED) is 0.874. The third-order valence-electron chi connectivity index (χ3n) is 3.26. The van der Waals surface area contributed by atoms with E-state index in [4.69, 9.17) is 0 Å². The molecule has 2 N–H and O–H groups in total. The fourth-order valence-electron chi connectivity index (χ4n) is 2.33. The molecule has 122 valence electrons. The lowest BCUT2D eigenvalue weighted by Crippen LogP contribution is -2.45. The van der Waals surface area contributed by atoms with Gasteiger partial charge < -0.3 is 10.6 Å². The standard InChI is InChI=1S/C14H23N3OS.2ClH/c1-9(2)7-12-16-10(3)13(19-12)14(18)17-11-5-4-6-15-8-11;;/h9,11,15H,4-8H2,1-3H3,(H,17,18);2*1H/t11-;;/m0../s1. The first-order valence-electron chi connectivity index (χ1n) is 7.04. The highest BCUT2D eigenvalue weighted by molar-refractivity contribution is 7.13. The van der Waals surface area contributed by atoms with E-state index in [1.165, 1.54) is 0 Å². The van der Waals surface area contributed by atoms with Gasteiger partial charge in [0.05, 0.1) is 10.7 Å². The van der Waals surface area contributed by atoms with E-state index in [-0.39, 0.29) is 36.8 Å². The maximum Gasteiger partial charge on any atom is 0.263 e. The largest absolute Gasteiger partial charge is 0.347 e. The van der Waals surface area contributed by atoms with Crippen LogP contribution in [-0.2, 0) is 6.42 Å². The molecule has 0 unspecified atom stereocenters. The summed E-state index contributed by atoms with van der Waals surface area (Å²) >= 11 is 1.54. The minimum absolute atomic E-state index is 0. The molecule has 0 spiro atoms. The van der Waals surface area contributed by atoms with Crippen molar-refractivity contribution in [2.24, 2.45) is 5.92 Å². The molecule has 1 aromatic rings. The van der Waals surface area contributed by atoms with E-state index in [0.717, 1.165) is 47.9 Å². The molecule has 0 aliphatic carbocycles. The topological polar surface area (TPSA) is 54.0 Å². The Balaban J connectivity index is 0.00000200. The molecule has 1 aliphatic rings. The van der Waals surface area contributed by atoms with Gasteiger partial charge in [0.15, 0.2) is 0 Å². The molecule has 1 aromatic heterocycles. The van der Waals surface area contributed by atoms with E-state index >= 15 is 0 Å². The van der Waals surface area contributed by atoms with Crippen molar-refractivity contribution in [2.75, 3.05) is 13.1 Å². The molecule has 2 heterocycles. The van der Waals surface area contributed by atoms with Gasteiger partial charge in [0.25, 0.3) is 5.91 Å². The molecule has 1 saturated heterocycles. The van der Waals surface area contributed by atoms with Crippen molar-refractivity contribution in [3.63, 3.8) is 0 Å². The van der Waals surface area contributed by atoms with Gasteiger partial charge in [-0.3, -0.25) is 4.79 Å². The van der Waals surface area contributed by atoms with E-state index < -0.39 is 0 Å². The monoisotopic (exact) mass is 353 g/mol. The second-order valence-electron chi connectivity index (χ2n) is 5.64. The zero-order valence-corrected chi connectivity index (χ0v) is 15.2. The van der Waals surface area contributed by atoms with E-state index in [1.54, 1.807) is 11.3 Å². The molecule has 0 aromatic carbocycles. The van der Waals surface area contributed by atoms with Crippen LogP contribution in [0, 0.1) is 12.8 Å². The summed E-state index contributed by atoms with van der Waals surface area (Å²) in [4.78, 5) is 17.6. The van der Waals surface area contributed by atoms with Crippen molar-refractivity contribution in [3.8, 4) is 0 Å². The van der Waals surface area contributed by atoms with Crippen LogP contribution in [0.3, 0.4) is 0 Å². The Morgan fingerprint density at radius 2 is 2.19 bits per heavy atom. The fourth-order valence-corrected chi connectivity index (χ4v) is 3.51. The van der Waals surface area contributed by atoms with E-state index in [2.05, 4.69) is 29.5 Å². The number of hydrogen-bond donors (Lipinski definition) is 2. The lowest BCUT2D eigenvalue weighted by molar-refractivity contribution is 0.0934. The number of hydrogen-bond acceptors (Lipinski definition) is 4. The molecule has 4 nitrogen and oxygen atoms in total. The van der Waals surface area contributed by atoms with Crippen LogP contribution in [0.1, 0.15) is 47.1 Å². The van der Waals surface area contributed by atoms with Gasteiger partial charge in [-0.25, -0.2) is 4.98 Å². The summed E-state index contributed by atoms with van der Waals surface area (Å²) in [7, 11) is 0. The molecule has 7 heteroatoms. The number of nitrogens with zero attached hydrogens (tertiary/aromatic N) is 1. The summed E-state index contributed by atoms with van der Waals surface area (Å²) in [6.07, 6.45) is 3.14. The first-order valence-corrected chi connectivity index (χ1v) is 7.85. The molecular weight excluding hydrogens is 329 g/mol. The van der Waals surface area contributed by atoms with Gasteiger partial charge >= 0.3 is 0 Å². The van der Waals surface area contributed by atoms with Crippen LogP contribution in [0.2, 0.25) is 0 Å². The van der Waals surface area contributed by atoms with Crippen LogP contribution in [0.5, 0.6) is 0 Å². The van der Waals surface area contributed by atoms with Gasteiger partial charge in [-0.1, -0.05) is 13.8 Å². The Hall–Kier alpha value is -0.360. The second-order valence-corrected chi connectivity index (χ2v) is 6.72. The second kappa shape index (κ2) is 9.62. The summed E-state index contributed by atoms with van der Waals surface area (Å²) in [6, 6.07) is 0.260. The number of halogens is 2. The van der Waals surface area contributed by atoms with E-state index in [1.807, 2.05) is 6.92 Å². The molecule has 1 fully saturated rings. The van der Waals surface area contributed by atoms with Crippen molar-refractivity contribution in [1.82, 2.24) is 15.6 Å². The number of nitrogens with one attached hydrogen (secondary N) is 2. The van der Waals surface area contributed by atoms with Gasteiger partial charge in [-0.15, -0.1) is 36.2 Å². The predicted molar refractivity (Wildman–Crippen MR) is 93.2 cm³/mol. The molecule has 1 aliphatic heterocycles. The Bertz CT molecular complexity index is 445. The molecule has 2 rings (SSSR count). The number of carbonyl (C=O) groups excluding carboxylic acids is 1. The van der Waals surface area contributed by atoms with Crippen molar-refractivity contribution in [3.05, 3.63) is 15.6 Å². The summed E-state index contributed by atoms with van der Waals surface area (Å²) < 4.78 is 0. The molecular formula is C14H25Cl2N3OS. The number of amides is 1. The fraction of sp³-hybridized carbons (Fsp3) is 0.714. The summed E-state index contributed by atoms with van der Waals surface area (Å²) in [6.45, 7) is 8.20. The number of piperidine rings is 1. The number of carbonyl (C=O) groups is 1. The van der Waals surface area contributed by atoms with Gasteiger partial charge in [-0.2, -0.15) is 0 Å². The Labute approximate surface area is 143 Å². The van der Waals surface area contributed by atoms with Crippen LogP contribution >= 0.6 is 36.2 Å². The molecule has 0 bridgehead atoms. The van der Waals surface area contributed by atoms with E-state index in [9.17, 15) is 4.79 Å². The number of aromatic nitrogens is 1. The smallest absolute Gasteiger partial charge is 0.263 e. The lowest BCUT2D eigenvalue weighted by atomic mass is 10.1. The van der Waals surface area contributed by atoms with Gasteiger partial charge in [0.2, 0.25) is 0 Å². The van der Waals surface area contributed by atoms with Crippen molar-refractivity contribution >= 4 is 42.1 Å². The third kappa shape index (κ3) is 6.10. The number of rotatable bonds is 4. The van der Waals surface area contributed by atoms with Crippen LogP contribution in [0.4, 0.5) is 0 Å². The lowest BCUT2D eigenvalue weighted by Gasteiger charge is -2.23. The normalized spacial score (nSPS) is 17.8. The van der Waals surface area contributed by atoms with Gasteiger partial charge in [0, 0.05) is 19.0 Å². The zero-order valence-electron chi connectivity index (χ0n) is 12.8. The van der Waals surface area contributed by atoms with Crippen molar-refractivity contribution < 1.29 is 4.79 Å². The first-order chi connectivity index (χ1) is 9.06. The highest BCUT2D eigenvalue weighted by Gasteiger charge is 2.20. The van der Waals surface area contributed by atoms with E-state index in [0.29, 0.717) is 5.92 Å². The van der Waals surface area contributed by atoms with Crippen molar-refractivity contribution in [2.45, 2.75) is 46.1 Å². The summed E-state index contributed by atoms with van der Waals surface area (Å²) in [5, 5.41) is 7.49. The minimum atomic E-state index is 0. The Kier molecular flexibility index (Phi) is 9.45. The summed E-state index contributed by atoms with van der Waals surface area (Å²) in [5.74, 6) is 0.614. The molecule has 1 atom stereocenters. The third-order valence-corrected chi connectivity index (χ3v) is 4.44. The zero-order chi connectivity index (χ0) is 13.8. The molecule has 1 amide bonds. The van der Waals surface area contributed by atoms with Crippen LogP contribution < -0.4 is 10.6 Å². The highest BCUT2D eigenvalue weighted by Crippen LogP contribution is 2.21. The molecule has 21 heavy (non-hydrogen) atoms. The van der Waals surface area contributed by atoms with Crippen molar-refractivity contribution in [1.29, 1.82) is 0 Å². The number of thiazole rings is 1. The van der Waals surface area contributed by atoms with Crippen LogP contribution in [-0.4, -0.2) is 30.0 Å². The number of aryl methyl sites for hydroxylation is 1. The average Bonchev–Trinajstić information content (AvgIpc) is 2.70. The SMILES string of the molecule is Cc1nc(CC(C)C)sc1C(=O)N[C@H]1CCCNC1.Cl.Cl. The minimum Gasteiger partial charge on any atom is -0.347 e. The van der Waals surface area contributed by atoms with Crippen LogP contribution in [0.25, 0.3) is 0 Å². The molecule has 0 saturated carbocycles. The maximum absolute atomic E-state index is 12.3. The first kappa shape index (κ1) is 20.6. The average molecular weight is 354 g/mol. The summed E-state index contributed by atoms with van der Waals surface area (Å²) in [5.41, 5.74) is 0.863. The highest BCUT2D eigenvalue weighted by atomic mass is 35.5. The Morgan fingerprint density at radius 1 is 1.48 bits per heavy atom.